The topological polar surface area (TPSA) is 50.7 Å². The number of nitrogens with one attached hydrogen (secondary N) is 1. The van der Waals surface area contributed by atoms with Crippen molar-refractivity contribution in [2.75, 3.05) is 0 Å². The van der Waals surface area contributed by atoms with Gasteiger partial charge in [-0.05, 0) is 42.3 Å². The zero-order valence-corrected chi connectivity index (χ0v) is 15.4. The first-order valence-electron chi connectivity index (χ1n) is 7.58. The number of amides is 1. The van der Waals surface area contributed by atoms with Gasteiger partial charge in [-0.25, -0.2) is 5.43 Å². The van der Waals surface area contributed by atoms with Crippen molar-refractivity contribution in [3.63, 3.8) is 0 Å². The highest BCUT2D eigenvalue weighted by Gasteiger charge is 2.20. The van der Waals surface area contributed by atoms with E-state index in [2.05, 4.69) is 26.5 Å². The fraction of sp³-hybridized carbons (Fsp3) is 0.222. The third-order valence-corrected chi connectivity index (χ3v) is 4.55. The van der Waals surface area contributed by atoms with Crippen molar-refractivity contribution in [1.29, 1.82) is 0 Å². The van der Waals surface area contributed by atoms with Gasteiger partial charge in [-0.15, -0.1) is 0 Å². The lowest BCUT2D eigenvalue weighted by Crippen LogP contribution is -2.33. The molecule has 0 bridgehead atoms. The van der Waals surface area contributed by atoms with Gasteiger partial charge < -0.3 is 4.74 Å². The van der Waals surface area contributed by atoms with E-state index in [0.717, 1.165) is 15.7 Å². The van der Waals surface area contributed by atoms with E-state index < -0.39 is 0 Å². The summed E-state index contributed by atoms with van der Waals surface area (Å²) in [5, 5.41) is 4.69. The maximum Gasteiger partial charge on any atom is 0.243 e. The molecule has 1 N–H and O–H groups in total. The third kappa shape index (κ3) is 4.16. The first-order chi connectivity index (χ1) is 11.5. The number of halogens is 2. The van der Waals surface area contributed by atoms with Crippen LogP contribution in [0, 0.1) is 5.92 Å². The molecule has 2 aromatic rings. The molecule has 0 aromatic heterocycles. The van der Waals surface area contributed by atoms with Crippen molar-refractivity contribution in [3.05, 3.63) is 57.5 Å². The molecule has 124 valence electrons. The van der Waals surface area contributed by atoms with E-state index in [9.17, 15) is 4.79 Å². The molecule has 4 nitrogen and oxygen atoms in total. The fourth-order valence-electron chi connectivity index (χ4n) is 2.48. The average Bonchev–Trinajstić information content (AvgIpc) is 2.54. The number of nitrogens with zero attached hydrogens (tertiary/aromatic N) is 1. The van der Waals surface area contributed by atoms with Gasteiger partial charge in [0, 0.05) is 22.5 Å². The minimum absolute atomic E-state index is 0.0338. The summed E-state index contributed by atoms with van der Waals surface area (Å²) in [5.41, 5.74) is 4.54. The molecule has 0 spiro atoms. The lowest BCUT2D eigenvalue weighted by Gasteiger charge is -2.18. The Bertz CT molecular complexity index is 807. The van der Waals surface area contributed by atoms with Crippen LogP contribution in [0.4, 0.5) is 0 Å². The molecular formula is C18H16BrClN2O2. The van der Waals surface area contributed by atoms with Gasteiger partial charge in [-0.3, -0.25) is 4.79 Å². The number of rotatable bonds is 4. The lowest BCUT2D eigenvalue weighted by molar-refractivity contribution is -0.124. The molecule has 0 unspecified atom stereocenters. The van der Waals surface area contributed by atoms with E-state index in [1.807, 2.05) is 49.4 Å². The Morgan fingerprint density at radius 2 is 2.17 bits per heavy atom. The van der Waals surface area contributed by atoms with E-state index in [4.69, 9.17) is 16.3 Å². The van der Waals surface area contributed by atoms with Crippen molar-refractivity contribution < 1.29 is 9.53 Å². The number of benzene rings is 2. The summed E-state index contributed by atoms with van der Waals surface area (Å²) in [7, 11) is 0. The summed E-state index contributed by atoms with van der Waals surface area (Å²) in [6.45, 7) is 1.90. The minimum atomic E-state index is -0.0535. The van der Waals surface area contributed by atoms with Crippen LogP contribution in [0.3, 0.4) is 0 Å². The third-order valence-electron chi connectivity index (χ3n) is 3.74. The quantitative estimate of drug-likeness (QED) is 0.779. The van der Waals surface area contributed by atoms with Crippen LogP contribution in [0.2, 0.25) is 5.02 Å². The number of hydrogen-bond acceptors (Lipinski definition) is 3. The summed E-state index contributed by atoms with van der Waals surface area (Å²) in [5.74, 6) is 1.22. The predicted octanol–water partition coefficient (Wildman–Crippen LogP) is 4.95. The molecule has 6 heteroatoms. The molecule has 3 rings (SSSR count). The van der Waals surface area contributed by atoms with Gasteiger partial charge in [-0.1, -0.05) is 46.6 Å². The van der Waals surface area contributed by atoms with Gasteiger partial charge in [-0.2, -0.15) is 5.10 Å². The van der Waals surface area contributed by atoms with Crippen LogP contribution < -0.4 is 10.2 Å². The Morgan fingerprint density at radius 3 is 2.92 bits per heavy atom. The van der Waals surface area contributed by atoms with Crippen molar-refractivity contribution in [2.45, 2.75) is 19.8 Å². The van der Waals surface area contributed by atoms with Crippen LogP contribution in [0.15, 0.2) is 52.0 Å². The molecule has 0 aliphatic carbocycles. The van der Waals surface area contributed by atoms with Gasteiger partial charge in [0.1, 0.15) is 11.5 Å². The lowest BCUT2D eigenvalue weighted by atomic mass is 9.97. The Hall–Kier alpha value is -1.85. The van der Waals surface area contributed by atoms with Gasteiger partial charge in [0.05, 0.1) is 5.02 Å². The number of ether oxygens (including phenoxy) is 1. The Kier molecular flexibility index (Phi) is 5.21. The molecule has 1 atom stereocenters. The van der Waals surface area contributed by atoms with Crippen molar-refractivity contribution in [2.24, 2.45) is 11.0 Å². The molecule has 0 radical (unpaired) electrons. The van der Waals surface area contributed by atoms with Crippen LogP contribution in [0.25, 0.3) is 0 Å². The van der Waals surface area contributed by atoms with Crippen molar-refractivity contribution in [3.8, 4) is 11.5 Å². The molecular weight excluding hydrogens is 392 g/mol. The Labute approximate surface area is 154 Å². The monoisotopic (exact) mass is 406 g/mol. The highest BCUT2D eigenvalue weighted by atomic mass is 79.9. The normalized spacial score (nSPS) is 17.2. The Balaban J connectivity index is 1.78. The van der Waals surface area contributed by atoms with E-state index >= 15 is 0 Å². The maximum absolute atomic E-state index is 11.5. The zero-order valence-electron chi connectivity index (χ0n) is 13.1. The molecule has 1 aliphatic heterocycles. The van der Waals surface area contributed by atoms with E-state index in [1.165, 1.54) is 0 Å². The van der Waals surface area contributed by atoms with Crippen LogP contribution in [0.5, 0.6) is 11.5 Å². The standard InChI is InChI=1S/C18H16BrClN2O2/c1-11-7-14(21-22-18(11)23)8-12-5-6-16(20)17(9-12)24-15-4-2-3-13(19)10-15/h2-6,9-11H,7-8H2,1H3,(H,22,23)/t11-/m0/s1. The smallest absolute Gasteiger partial charge is 0.243 e. The van der Waals surface area contributed by atoms with E-state index in [-0.39, 0.29) is 11.8 Å². The number of carbonyl (C=O) groups is 1. The number of hydrogen-bond donors (Lipinski definition) is 1. The van der Waals surface area contributed by atoms with Gasteiger partial charge in [0.25, 0.3) is 0 Å². The molecule has 0 saturated carbocycles. The highest BCUT2D eigenvalue weighted by Crippen LogP contribution is 2.31. The second-order valence-corrected chi connectivity index (χ2v) is 7.08. The highest BCUT2D eigenvalue weighted by molar-refractivity contribution is 9.10. The first-order valence-corrected chi connectivity index (χ1v) is 8.75. The molecule has 1 aliphatic rings. The number of hydrazone groups is 1. The van der Waals surface area contributed by atoms with E-state index in [0.29, 0.717) is 29.4 Å². The summed E-state index contributed by atoms with van der Waals surface area (Å²) in [4.78, 5) is 11.5. The summed E-state index contributed by atoms with van der Waals surface area (Å²) >= 11 is 9.67. The molecule has 1 heterocycles. The van der Waals surface area contributed by atoms with Crippen molar-refractivity contribution in [1.82, 2.24) is 5.43 Å². The van der Waals surface area contributed by atoms with Gasteiger partial charge in [0.15, 0.2) is 0 Å². The average molecular weight is 408 g/mol. The summed E-state index contributed by atoms with van der Waals surface area (Å²) in [6, 6.07) is 13.3. The fourth-order valence-corrected chi connectivity index (χ4v) is 3.01. The minimum Gasteiger partial charge on any atom is -0.456 e. The summed E-state index contributed by atoms with van der Waals surface area (Å²) < 4.78 is 6.82. The molecule has 24 heavy (non-hydrogen) atoms. The first kappa shape index (κ1) is 17.0. The van der Waals surface area contributed by atoms with Crippen molar-refractivity contribution >= 4 is 39.1 Å². The van der Waals surface area contributed by atoms with Crippen LogP contribution in [-0.4, -0.2) is 11.6 Å². The van der Waals surface area contributed by atoms with Crippen LogP contribution in [-0.2, 0) is 11.2 Å². The van der Waals surface area contributed by atoms with Gasteiger partial charge >= 0.3 is 0 Å². The zero-order chi connectivity index (χ0) is 17.1. The maximum atomic E-state index is 11.5. The SMILES string of the molecule is C[C@H]1CC(Cc2ccc(Cl)c(Oc3cccc(Br)c3)c2)=NNC1=O. The number of carbonyl (C=O) groups excluding carboxylic acids is 1. The Morgan fingerprint density at radius 1 is 1.33 bits per heavy atom. The molecule has 0 fully saturated rings. The predicted molar refractivity (Wildman–Crippen MR) is 98.7 cm³/mol. The molecule has 2 aromatic carbocycles. The second-order valence-electron chi connectivity index (χ2n) is 5.76. The van der Waals surface area contributed by atoms with Gasteiger partial charge in [0.2, 0.25) is 5.91 Å². The second kappa shape index (κ2) is 7.36. The summed E-state index contributed by atoms with van der Waals surface area (Å²) in [6.07, 6.45) is 1.31. The van der Waals surface area contributed by atoms with Crippen LogP contribution >= 0.6 is 27.5 Å². The molecule has 0 saturated heterocycles. The molecule has 1 amide bonds. The largest absolute Gasteiger partial charge is 0.456 e. The van der Waals surface area contributed by atoms with Crippen LogP contribution in [0.1, 0.15) is 18.9 Å². The van der Waals surface area contributed by atoms with E-state index in [1.54, 1.807) is 0 Å².